The molecule has 0 bridgehead atoms. The van der Waals surface area contributed by atoms with Crippen molar-refractivity contribution in [1.29, 1.82) is 0 Å². The molecule has 0 saturated heterocycles. The van der Waals surface area contributed by atoms with Gasteiger partial charge in [-0.25, -0.2) is 4.98 Å². The van der Waals surface area contributed by atoms with E-state index in [1.807, 2.05) is 6.92 Å². The van der Waals surface area contributed by atoms with Crippen LogP contribution in [0.15, 0.2) is 24.8 Å². The minimum atomic E-state index is -0.0956. The van der Waals surface area contributed by atoms with Crippen LogP contribution in [0.2, 0.25) is 0 Å². The monoisotopic (exact) mass is 334 g/mol. The highest BCUT2D eigenvalue weighted by molar-refractivity contribution is 7.19. The van der Waals surface area contributed by atoms with E-state index in [9.17, 15) is 4.79 Å². The Balaban J connectivity index is 1.77. The molecule has 0 aromatic carbocycles. The van der Waals surface area contributed by atoms with Crippen molar-refractivity contribution in [3.63, 3.8) is 0 Å². The number of thiazole rings is 1. The molecule has 2 rings (SSSR count). The molecule has 2 aromatic heterocycles. The van der Waals surface area contributed by atoms with Gasteiger partial charge in [0.2, 0.25) is 5.91 Å². The second-order valence-electron chi connectivity index (χ2n) is 5.73. The van der Waals surface area contributed by atoms with Crippen molar-refractivity contribution in [2.75, 3.05) is 11.9 Å². The maximum Gasteiger partial charge on any atom is 0.228 e. The van der Waals surface area contributed by atoms with E-state index in [-0.39, 0.29) is 12.0 Å². The lowest BCUT2D eigenvalue weighted by Gasteiger charge is -2.14. The van der Waals surface area contributed by atoms with E-state index in [4.69, 9.17) is 4.74 Å². The third-order valence-electron chi connectivity index (χ3n) is 3.10. The summed E-state index contributed by atoms with van der Waals surface area (Å²) in [6, 6.07) is 0. The van der Waals surface area contributed by atoms with Crippen LogP contribution in [-0.4, -0.2) is 33.6 Å². The smallest absolute Gasteiger partial charge is 0.228 e. The Bertz CT molecular complexity index is 616. The van der Waals surface area contributed by atoms with E-state index in [0.717, 1.165) is 17.0 Å². The van der Waals surface area contributed by atoms with Gasteiger partial charge >= 0.3 is 0 Å². The first-order valence-corrected chi connectivity index (χ1v) is 8.50. The van der Waals surface area contributed by atoms with E-state index >= 15 is 0 Å². The van der Waals surface area contributed by atoms with Crippen molar-refractivity contribution in [3.05, 3.63) is 24.8 Å². The zero-order valence-corrected chi connectivity index (χ0v) is 14.5. The number of rotatable bonds is 8. The molecule has 6 nitrogen and oxygen atoms in total. The van der Waals surface area contributed by atoms with E-state index < -0.39 is 0 Å². The minimum absolute atomic E-state index is 0.0956. The average molecular weight is 334 g/mol. The lowest BCUT2D eigenvalue weighted by molar-refractivity contribution is -0.117. The third-order valence-corrected chi connectivity index (χ3v) is 4.04. The molecule has 2 heterocycles. The fourth-order valence-corrected chi connectivity index (χ4v) is 2.94. The van der Waals surface area contributed by atoms with Crippen LogP contribution in [0.5, 0.6) is 0 Å². The van der Waals surface area contributed by atoms with Gasteiger partial charge in [-0.1, -0.05) is 25.2 Å². The van der Waals surface area contributed by atoms with Crippen molar-refractivity contribution in [2.24, 2.45) is 5.92 Å². The molecule has 7 heteroatoms. The number of carbonyl (C=O) groups excluding carboxylic acids is 1. The number of hydrogen-bond donors (Lipinski definition) is 1. The molecule has 0 fully saturated rings. The first-order valence-electron chi connectivity index (χ1n) is 7.68. The van der Waals surface area contributed by atoms with Gasteiger partial charge in [-0.3, -0.25) is 14.8 Å². The van der Waals surface area contributed by atoms with Gasteiger partial charge in [-0.05, 0) is 19.3 Å². The van der Waals surface area contributed by atoms with Gasteiger partial charge in [0.25, 0.3) is 0 Å². The molecule has 0 unspecified atom stereocenters. The molecule has 1 atom stereocenters. The molecular formula is C16H22N4O2S. The van der Waals surface area contributed by atoms with E-state index in [1.54, 1.807) is 24.8 Å². The Labute approximate surface area is 140 Å². The summed E-state index contributed by atoms with van der Waals surface area (Å²) in [5.74, 6) is 0.496. The molecule has 1 N–H and O–H groups in total. The quantitative estimate of drug-likeness (QED) is 0.801. The molecule has 124 valence electrons. The fourth-order valence-electron chi connectivity index (χ4n) is 2.14. The molecule has 0 aliphatic carbocycles. The molecule has 0 radical (unpaired) electrons. The van der Waals surface area contributed by atoms with Gasteiger partial charge in [-0.2, -0.15) is 0 Å². The van der Waals surface area contributed by atoms with Crippen LogP contribution in [0, 0.1) is 5.92 Å². The number of amides is 1. The Hall–Kier alpha value is -1.86. The van der Waals surface area contributed by atoms with Crippen LogP contribution in [0.1, 0.15) is 33.6 Å². The topological polar surface area (TPSA) is 77.0 Å². The first-order chi connectivity index (χ1) is 11.0. The Morgan fingerprint density at radius 2 is 2.09 bits per heavy atom. The number of carbonyl (C=O) groups is 1. The highest BCUT2D eigenvalue weighted by Crippen LogP contribution is 2.26. The zero-order valence-electron chi connectivity index (χ0n) is 13.7. The van der Waals surface area contributed by atoms with Crippen molar-refractivity contribution in [2.45, 2.75) is 39.7 Å². The van der Waals surface area contributed by atoms with Gasteiger partial charge in [0.15, 0.2) is 5.13 Å². The van der Waals surface area contributed by atoms with Crippen LogP contribution in [0.4, 0.5) is 5.13 Å². The van der Waals surface area contributed by atoms with Crippen molar-refractivity contribution in [1.82, 2.24) is 15.0 Å². The number of nitrogens with one attached hydrogen (secondary N) is 1. The van der Waals surface area contributed by atoms with Crippen molar-refractivity contribution < 1.29 is 9.53 Å². The summed E-state index contributed by atoms with van der Waals surface area (Å²) in [4.78, 5) is 25.2. The maximum atomic E-state index is 11.9. The van der Waals surface area contributed by atoms with E-state index in [0.29, 0.717) is 24.1 Å². The summed E-state index contributed by atoms with van der Waals surface area (Å²) in [5.41, 5.74) is 0.747. The summed E-state index contributed by atoms with van der Waals surface area (Å²) in [6.07, 6.45) is 8.09. The van der Waals surface area contributed by atoms with Gasteiger partial charge in [0, 0.05) is 18.6 Å². The normalized spacial score (nSPS) is 12.3. The van der Waals surface area contributed by atoms with Crippen molar-refractivity contribution >= 4 is 22.4 Å². The van der Waals surface area contributed by atoms with E-state index in [2.05, 4.69) is 34.1 Å². The van der Waals surface area contributed by atoms with Gasteiger partial charge in [0.05, 0.1) is 30.2 Å². The summed E-state index contributed by atoms with van der Waals surface area (Å²) in [6.45, 7) is 6.77. The van der Waals surface area contributed by atoms with Gasteiger partial charge < -0.3 is 10.1 Å². The SMILES string of the molecule is CC(C)C[C@H](C)OCCC(=O)Nc1ncc(-c2cnccn2)s1. The minimum Gasteiger partial charge on any atom is -0.378 e. The average Bonchev–Trinajstić information content (AvgIpc) is 2.95. The highest BCUT2D eigenvalue weighted by Gasteiger charge is 2.10. The standard InChI is InChI=1S/C16H22N4O2S/c1-11(2)8-12(3)22-7-4-15(21)20-16-19-10-14(23-16)13-9-17-5-6-18-13/h5-6,9-12H,4,7-8H2,1-3H3,(H,19,20,21)/t12-/m0/s1. The lowest BCUT2D eigenvalue weighted by atomic mass is 10.1. The highest BCUT2D eigenvalue weighted by atomic mass is 32.1. The Morgan fingerprint density at radius 1 is 1.26 bits per heavy atom. The molecule has 0 spiro atoms. The molecular weight excluding hydrogens is 312 g/mol. The number of nitrogens with zero attached hydrogens (tertiary/aromatic N) is 3. The van der Waals surface area contributed by atoms with Crippen LogP contribution in [0.25, 0.3) is 10.6 Å². The predicted octanol–water partition coefficient (Wildman–Crippen LogP) is 3.38. The molecule has 0 saturated carbocycles. The zero-order chi connectivity index (χ0) is 16.7. The van der Waals surface area contributed by atoms with Crippen LogP contribution < -0.4 is 5.32 Å². The van der Waals surface area contributed by atoms with Gasteiger partial charge in [-0.15, -0.1) is 0 Å². The number of anilines is 1. The molecule has 23 heavy (non-hydrogen) atoms. The predicted molar refractivity (Wildman–Crippen MR) is 91.3 cm³/mol. The Morgan fingerprint density at radius 3 is 2.78 bits per heavy atom. The number of aromatic nitrogens is 3. The summed E-state index contributed by atoms with van der Waals surface area (Å²) >= 11 is 1.38. The van der Waals surface area contributed by atoms with Gasteiger partial charge in [0.1, 0.15) is 5.69 Å². The third kappa shape index (κ3) is 6.03. The van der Waals surface area contributed by atoms with Crippen molar-refractivity contribution in [3.8, 4) is 10.6 Å². The summed E-state index contributed by atoms with van der Waals surface area (Å²) < 4.78 is 5.64. The molecule has 2 aromatic rings. The molecule has 0 aliphatic heterocycles. The molecule has 1 amide bonds. The maximum absolute atomic E-state index is 11.9. The Kier molecular flexibility index (Phi) is 6.61. The largest absolute Gasteiger partial charge is 0.378 e. The second kappa shape index (κ2) is 8.69. The van der Waals surface area contributed by atoms with E-state index in [1.165, 1.54) is 11.3 Å². The number of ether oxygens (including phenoxy) is 1. The summed E-state index contributed by atoms with van der Waals surface area (Å²) in [5, 5.41) is 3.35. The number of hydrogen-bond acceptors (Lipinski definition) is 6. The second-order valence-corrected chi connectivity index (χ2v) is 6.76. The van der Waals surface area contributed by atoms with Crippen LogP contribution in [0.3, 0.4) is 0 Å². The molecule has 0 aliphatic rings. The van der Waals surface area contributed by atoms with Crippen LogP contribution >= 0.6 is 11.3 Å². The summed E-state index contributed by atoms with van der Waals surface area (Å²) in [7, 11) is 0. The van der Waals surface area contributed by atoms with Crippen LogP contribution in [-0.2, 0) is 9.53 Å². The lowest BCUT2D eigenvalue weighted by Crippen LogP contribution is -2.17. The first kappa shape index (κ1) is 17.5. The fraction of sp³-hybridized carbons (Fsp3) is 0.500.